The Morgan fingerprint density at radius 2 is 2.20 bits per heavy atom. The van der Waals surface area contributed by atoms with Crippen molar-refractivity contribution in [2.75, 3.05) is 0 Å². The summed E-state index contributed by atoms with van der Waals surface area (Å²) < 4.78 is 3.54. The molecule has 1 amide bonds. The van der Waals surface area contributed by atoms with Crippen LogP contribution in [0.3, 0.4) is 0 Å². The average Bonchev–Trinajstić information content (AvgIpc) is 3.57. The van der Waals surface area contributed by atoms with E-state index in [9.17, 15) is 9.90 Å². The zero-order valence-corrected chi connectivity index (χ0v) is 19.5. The fourth-order valence-corrected chi connectivity index (χ4v) is 5.24. The summed E-state index contributed by atoms with van der Waals surface area (Å²) in [6.07, 6.45) is 8.43. The first kappa shape index (κ1) is 21.5. The van der Waals surface area contributed by atoms with Crippen LogP contribution in [0.5, 0.6) is 0 Å². The van der Waals surface area contributed by atoms with Gasteiger partial charge in [0.05, 0.1) is 28.9 Å². The number of H-pyrrole nitrogens is 1. The number of nitrogens with zero attached hydrogens (tertiary/aromatic N) is 5. The number of hydrogen-bond donors (Lipinski definition) is 3. The van der Waals surface area contributed by atoms with Gasteiger partial charge in [-0.3, -0.25) is 19.3 Å². The van der Waals surface area contributed by atoms with Crippen molar-refractivity contribution in [3.05, 3.63) is 66.6 Å². The molecular weight excluding hydrogens is 442 g/mol. The lowest BCUT2D eigenvalue weighted by atomic mass is 9.81. The van der Waals surface area contributed by atoms with Crippen LogP contribution in [0.2, 0.25) is 0 Å². The quantitative estimate of drug-likeness (QED) is 0.365. The van der Waals surface area contributed by atoms with Crippen LogP contribution in [0, 0.1) is 0 Å². The second-order valence-electron chi connectivity index (χ2n) is 9.60. The lowest BCUT2D eigenvalue weighted by Gasteiger charge is -2.37. The molecule has 2 atom stereocenters. The second kappa shape index (κ2) is 8.35. The van der Waals surface area contributed by atoms with Gasteiger partial charge in [0.2, 0.25) is 0 Å². The van der Waals surface area contributed by atoms with Crippen LogP contribution in [0.25, 0.3) is 33.1 Å². The SMILES string of the molecule is Cn1cc2cc(-c3n[nH]c4ccc(C(=O)N[C@@H]5CCC[C@](O)(Cn6cccn6)C5)cc34)ccc2n1. The van der Waals surface area contributed by atoms with Crippen LogP contribution in [-0.2, 0) is 13.6 Å². The number of amides is 1. The molecule has 0 spiro atoms. The molecule has 3 aromatic heterocycles. The van der Waals surface area contributed by atoms with E-state index < -0.39 is 5.60 Å². The first-order chi connectivity index (χ1) is 17.0. The van der Waals surface area contributed by atoms with Gasteiger partial charge in [0.1, 0.15) is 0 Å². The van der Waals surface area contributed by atoms with Crippen LogP contribution in [0.4, 0.5) is 0 Å². The highest BCUT2D eigenvalue weighted by Crippen LogP contribution is 2.31. The number of aromatic amines is 1. The third-order valence-electron chi connectivity index (χ3n) is 6.89. The lowest BCUT2D eigenvalue weighted by molar-refractivity contribution is -0.0237. The normalized spacial score (nSPS) is 20.5. The molecule has 1 aliphatic rings. The van der Waals surface area contributed by atoms with E-state index in [1.165, 1.54) is 0 Å². The van der Waals surface area contributed by atoms with E-state index in [1.807, 2.05) is 55.8 Å². The van der Waals surface area contributed by atoms with Gasteiger partial charge in [0, 0.05) is 53.6 Å². The zero-order chi connectivity index (χ0) is 24.0. The third-order valence-corrected chi connectivity index (χ3v) is 6.89. The van der Waals surface area contributed by atoms with Crippen molar-refractivity contribution in [3.8, 4) is 11.3 Å². The van der Waals surface area contributed by atoms with Crippen LogP contribution >= 0.6 is 0 Å². The molecule has 0 aliphatic heterocycles. The summed E-state index contributed by atoms with van der Waals surface area (Å²) in [5.41, 5.74) is 3.25. The highest BCUT2D eigenvalue weighted by molar-refractivity contribution is 6.02. The van der Waals surface area contributed by atoms with Crippen molar-refractivity contribution in [2.24, 2.45) is 7.05 Å². The molecule has 0 bridgehead atoms. The number of hydrogen-bond acceptors (Lipinski definition) is 5. The Bertz CT molecular complexity index is 1520. The molecular formula is C26H27N7O2. The van der Waals surface area contributed by atoms with E-state index in [2.05, 4.69) is 31.8 Å². The first-order valence-corrected chi connectivity index (χ1v) is 11.9. The molecule has 9 nitrogen and oxygen atoms in total. The maximum absolute atomic E-state index is 13.2. The summed E-state index contributed by atoms with van der Waals surface area (Å²) in [4.78, 5) is 13.2. The molecule has 2 aromatic carbocycles. The smallest absolute Gasteiger partial charge is 0.251 e. The number of rotatable bonds is 5. The molecule has 3 N–H and O–H groups in total. The molecule has 35 heavy (non-hydrogen) atoms. The van der Waals surface area contributed by atoms with Crippen LogP contribution in [-0.4, -0.2) is 52.4 Å². The molecule has 9 heteroatoms. The van der Waals surface area contributed by atoms with Crippen LogP contribution < -0.4 is 5.32 Å². The molecule has 0 unspecified atom stereocenters. The van der Waals surface area contributed by atoms with E-state index in [-0.39, 0.29) is 11.9 Å². The second-order valence-corrected chi connectivity index (χ2v) is 9.60. The van der Waals surface area contributed by atoms with Gasteiger partial charge in [-0.05, 0) is 62.1 Å². The fourth-order valence-electron chi connectivity index (χ4n) is 5.24. The van der Waals surface area contributed by atoms with Gasteiger partial charge in [0.15, 0.2) is 0 Å². The van der Waals surface area contributed by atoms with Crippen molar-refractivity contribution in [1.82, 2.24) is 35.1 Å². The summed E-state index contributed by atoms with van der Waals surface area (Å²) in [5, 5.41) is 32.4. The Balaban J connectivity index is 1.23. The standard InChI is InChI=1S/C26H27N7O2/c1-32-15-19-12-17(5-7-22(19)31-32)24-21-13-18(6-8-23(21)29-30-24)25(34)28-20-4-2-9-26(35,14-20)16-33-11-3-10-27-33/h3,5-8,10-13,15,20,35H,2,4,9,14,16H2,1H3,(H,28,34)(H,29,30)/t20-,26-/m1/s1. The van der Waals surface area contributed by atoms with E-state index in [0.717, 1.165) is 45.9 Å². The number of fused-ring (bicyclic) bond motifs is 2. The Labute approximate surface area is 201 Å². The van der Waals surface area contributed by atoms with Gasteiger partial charge in [-0.2, -0.15) is 15.3 Å². The molecule has 178 valence electrons. The Hall–Kier alpha value is -3.98. The van der Waals surface area contributed by atoms with Crippen molar-refractivity contribution in [3.63, 3.8) is 0 Å². The summed E-state index contributed by atoms with van der Waals surface area (Å²) in [6, 6.07) is 13.4. The average molecular weight is 470 g/mol. The van der Waals surface area contributed by atoms with Gasteiger partial charge in [-0.1, -0.05) is 6.07 Å². The Morgan fingerprint density at radius 3 is 3.06 bits per heavy atom. The molecule has 5 aromatic rings. The highest BCUT2D eigenvalue weighted by Gasteiger charge is 2.35. The monoisotopic (exact) mass is 469 g/mol. The number of nitrogens with one attached hydrogen (secondary N) is 2. The molecule has 6 rings (SSSR count). The first-order valence-electron chi connectivity index (χ1n) is 11.9. The maximum Gasteiger partial charge on any atom is 0.251 e. The minimum Gasteiger partial charge on any atom is -0.388 e. The molecule has 0 radical (unpaired) electrons. The van der Waals surface area contributed by atoms with Gasteiger partial charge < -0.3 is 10.4 Å². The lowest BCUT2D eigenvalue weighted by Crippen LogP contribution is -2.47. The van der Waals surface area contributed by atoms with E-state index in [1.54, 1.807) is 15.6 Å². The number of benzene rings is 2. The van der Waals surface area contributed by atoms with Crippen molar-refractivity contribution in [2.45, 2.75) is 43.9 Å². The molecule has 1 aliphatic carbocycles. The minimum atomic E-state index is -0.880. The largest absolute Gasteiger partial charge is 0.388 e. The van der Waals surface area contributed by atoms with Crippen molar-refractivity contribution >= 4 is 27.7 Å². The van der Waals surface area contributed by atoms with E-state index in [4.69, 9.17) is 0 Å². The van der Waals surface area contributed by atoms with Gasteiger partial charge in [-0.25, -0.2) is 0 Å². The van der Waals surface area contributed by atoms with Gasteiger partial charge >= 0.3 is 0 Å². The molecule has 1 saturated carbocycles. The molecule has 1 fully saturated rings. The Kier molecular flexibility index (Phi) is 5.14. The topological polar surface area (TPSA) is 114 Å². The fraction of sp³-hybridized carbons (Fsp3) is 0.308. The number of aliphatic hydroxyl groups is 1. The molecule has 0 saturated heterocycles. The number of carbonyl (C=O) groups is 1. The zero-order valence-electron chi connectivity index (χ0n) is 19.5. The number of aromatic nitrogens is 6. The minimum absolute atomic E-state index is 0.0932. The highest BCUT2D eigenvalue weighted by atomic mass is 16.3. The Morgan fingerprint density at radius 1 is 1.29 bits per heavy atom. The summed E-state index contributed by atoms with van der Waals surface area (Å²) >= 11 is 0. The van der Waals surface area contributed by atoms with E-state index >= 15 is 0 Å². The van der Waals surface area contributed by atoms with E-state index in [0.29, 0.717) is 24.9 Å². The van der Waals surface area contributed by atoms with Gasteiger partial charge in [-0.15, -0.1) is 0 Å². The summed E-state index contributed by atoms with van der Waals surface area (Å²) in [7, 11) is 1.90. The van der Waals surface area contributed by atoms with Gasteiger partial charge in [0.25, 0.3) is 5.91 Å². The van der Waals surface area contributed by atoms with Crippen LogP contribution in [0.1, 0.15) is 36.0 Å². The van der Waals surface area contributed by atoms with Crippen molar-refractivity contribution in [1.29, 1.82) is 0 Å². The number of carbonyl (C=O) groups excluding carboxylic acids is 1. The molecule has 3 heterocycles. The summed E-state index contributed by atoms with van der Waals surface area (Å²) in [5.74, 6) is -0.143. The third kappa shape index (κ3) is 4.19. The summed E-state index contributed by atoms with van der Waals surface area (Å²) in [6.45, 7) is 0.429. The maximum atomic E-state index is 13.2. The number of aryl methyl sites for hydroxylation is 1. The van der Waals surface area contributed by atoms with Crippen molar-refractivity contribution < 1.29 is 9.90 Å². The predicted octanol–water partition coefficient (Wildman–Crippen LogP) is 3.42. The van der Waals surface area contributed by atoms with Crippen LogP contribution in [0.15, 0.2) is 61.1 Å². The predicted molar refractivity (Wildman–Crippen MR) is 133 cm³/mol.